The number of nitrogens with zero attached hydrogens (tertiary/aromatic N) is 5. The van der Waals surface area contributed by atoms with Crippen LogP contribution in [0.3, 0.4) is 0 Å². The first-order valence-corrected chi connectivity index (χ1v) is 11.3. The van der Waals surface area contributed by atoms with Gasteiger partial charge in [-0.2, -0.15) is 5.10 Å². The minimum absolute atomic E-state index is 0.0568. The molecule has 0 aliphatic rings. The van der Waals surface area contributed by atoms with Crippen LogP contribution in [0.4, 0.5) is 5.69 Å². The molecule has 0 saturated carbocycles. The van der Waals surface area contributed by atoms with Gasteiger partial charge in [0.1, 0.15) is 17.9 Å². The molecule has 0 saturated heterocycles. The highest BCUT2D eigenvalue weighted by Gasteiger charge is 2.14. The lowest BCUT2D eigenvalue weighted by Gasteiger charge is -2.16. The number of para-hydroxylation sites is 1. The number of anilines is 1. The maximum absolute atomic E-state index is 12.5. The van der Waals surface area contributed by atoms with Crippen molar-refractivity contribution in [3.63, 3.8) is 0 Å². The summed E-state index contributed by atoms with van der Waals surface area (Å²) < 4.78 is 9.75. The molecule has 0 unspecified atom stereocenters. The second-order valence-electron chi connectivity index (χ2n) is 8.64. The first kappa shape index (κ1) is 22.3. The minimum Gasteiger partial charge on any atom is -0.486 e. The molecule has 5 aromatic rings. The number of nitrogens with two attached hydrogens (primary N) is 1. The van der Waals surface area contributed by atoms with Crippen molar-refractivity contribution in [2.45, 2.75) is 33.9 Å². The third-order valence-corrected chi connectivity index (χ3v) is 5.95. The van der Waals surface area contributed by atoms with Crippen molar-refractivity contribution in [3.05, 3.63) is 106 Å². The van der Waals surface area contributed by atoms with E-state index in [0.717, 1.165) is 33.4 Å². The van der Waals surface area contributed by atoms with E-state index < -0.39 is 0 Å². The van der Waals surface area contributed by atoms with Gasteiger partial charge >= 0.3 is 0 Å². The van der Waals surface area contributed by atoms with Crippen molar-refractivity contribution < 1.29 is 4.74 Å². The quantitative estimate of drug-likeness (QED) is 0.404. The van der Waals surface area contributed by atoms with E-state index in [9.17, 15) is 4.79 Å². The van der Waals surface area contributed by atoms with E-state index in [4.69, 9.17) is 15.5 Å². The van der Waals surface area contributed by atoms with Crippen LogP contribution in [-0.2, 0) is 13.2 Å². The maximum Gasteiger partial charge on any atom is 0.253 e. The van der Waals surface area contributed by atoms with Gasteiger partial charge in [-0.3, -0.25) is 9.78 Å². The van der Waals surface area contributed by atoms with Crippen LogP contribution in [0.2, 0.25) is 0 Å². The molecule has 2 N–H and O–H groups in total. The van der Waals surface area contributed by atoms with Crippen LogP contribution >= 0.6 is 0 Å². The van der Waals surface area contributed by atoms with Crippen molar-refractivity contribution in [1.29, 1.82) is 0 Å². The lowest BCUT2D eigenvalue weighted by molar-refractivity contribution is 0.308. The molecule has 8 nitrogen and oxygen atoms in total. The van der Waals surface area contributed by atoms with Crippen LogP contribution < -0.4 is 16.0 Å². The number of aryl methyl sites for hydroxylation is 3. The zero-order valence-electron chi connectivity index (χ0n) is 19.9. The van der Waals surface area contributed by atoms with Gasteiger partial charge in [0.25, 0.3) is 5.56 Å². The van der Waals surface area contributed by atoms with Crippen LogP contribution in [0, 0.1) is 20.8 Å². The third kappa shape index (κ3) is 4.38. The fourth-order valence-corrected chi connectivity index (χ4v) is 4.13. The van der Waals surface area contributed by atoms with E-state index >= 15 is 0 Å². The third-order valence-electron chi connectivity index (χ3n) is 5.95. The van der Waals surface area contributed by atoms with Gasteiger partial charge in [0.05, 0.1) is 24.1 Å². The molecule has 0 amide bonds. The van der Waals surface area contributed by atoms with E-state index in [0.29, 0.717) is 29.2 Å². The van der Waals surface area contributed by atoms with E-state index in [1.165, 1.54) is 0 Å². The smallest absolute Gasteiger partial charge is 0.253 e. The summed E-state index contributed by atoms with van der Waals surface area (Å²) in [5, 5.41) is 5.40. The second-order valence-corrected chi connectivity index (χ2v) is 8.64. The van der Waals surface area contributed by atoms with Crippen molar-refractivity contribution in [1.82, 2.24) is 24.3 Å². The number of aromatic nitrogens is 5. The average molecular weight is 467 g/mol. The van der Waals surface area contributed by atoms with Gasteiger partial charge in [-0.25, -0.2) is 9.67 Å². The molecule has 176 valence electrons. The molecule has 1 aromatic carbocycles. The average Bonchev–Trinajstić information content (AvgIpc) is 3.27. The van der Waals surface area contributed by atoms with E-state index in [1.54, 1.807) is 36.0 Å². The van der Waals surface area contributed by atoms with Crippen molar-refractivity contribution in [2.24, 2.45) is 0 Å². The van der Waals surface area contributed by atoms with Crippen LogP contribution in [0.1, 0.15) is 28.1 Å². The Morgan fingerprint density at radius 3 is 2.74 bits per heavy atom. The molecular weight excluding hydrogens is 440 g/mol. The summed E-state index contributed by atoms with van der Waals surface area (Å²) in [4.78, 5) is 21.8. The molecule has 4 aromatic heterocycles. The lowest BCUT2D eigenvalue weighted by atomic mass is 10.1. The highest BCUT2D eigenvalue weighted by Crippen LogP contribution is 2.30. The molecule has 8 heteroatoms. The molecular formula is C27H26N6O2. The number of fused-ring (bicyclic) bond motifs is 1. The Kier molecular flexibility index (Phi) is 5.78. The normalized spacial score (nSPS) is 11.2. The number of hydrogen-bond acceptors (Lipinski definition) is 6. The van der Waals surface area contributed by atoms with Gasteiger partial charge in [-0.1, -0.05) is 18.2 Å². The summed E-state index contributed by atoms with van der Waals surface area (Å²) in [5.74, 6) is 0.637. The topological polar surface area (TPSA) is 101 Å². The Balaban J connectivity index is 1.50. The predicted octanol–water partition coefficient (Wildman–Crippen LogP) is 4.11. The zero-order chi connectivity index (χ0) is 24.5. The molecule has 0 radical (unpaired) electrons. The van der Waals surface area contributed by atoms with Crippen LogP contribution in [-0.4, -0.2) is 24.3 Å². The van der Waals surface area contributed by atoms with Gasteiger partial charge in [-0.05, 0) is 50.6 Å². The summed E-state index contributed by atoms with van der Waals surface area (Å²) in [7, 11) is 0. The summed E-state index contributed by atoms with van der Waals surface area (Å²) in [6, 6.07) is 13.2. The standard InChI is InChI=1S/C27H26N6O2/c1-17-13-30-33(14-17)24-12-19(3)31-26-20(24)7-4-8-25(26)35-16-21-22(28)9-10-29-23(21)15-32-11-5-6-18(2)27(32)34/h4-14H,15-16H2,1-3H3,(H2,28,29). The van der Waals surface area contributed by atoms with Crippen LogP contribution in [0.25, 0.3) is 16.6 Å². The van der Waals surface area contributed by atoms with Gasteiger partial charge in [-0.15, -0.1) is 0 Å². The summed E-state index contributed by atoms with van der Waals surface area (Å²) >= 11 is 0. The SMILES string of the molecule is Cc1cnn(-c2cc(C)nc3c(OCc4c(N)ccnc4Cn4cccc(C)c4=O)cccc23)c1. The highest BCUT2D eigenvalue weighted by atomic mass is 16.5. The molecule has 0 spiro atoms. The first-order chi connectivity index (χ1) is 16.9. The van der Waals surface area contributed by atoms with Gasteiger partial charge in [0.15, 0.2) is 0 Å². The van der Waals surface area contributed by atoms with E-state index in [-0.39, 0.29) is 12.2 Å². The molecule has 4 heterocycles. The number of rotatable bonds is 6. The van der Waals surface area contributed by atoms with E-state index in [2.05, 4.69) is 10.1 Å². The Hall–Kier alpha value is -4.46. The second kappa shape index (κ2) is 9.06. The Bertz CT molecular complexity index is 1600. The zero-order valence-corrected chi connectivity index (χ0v) is 19.9. The number of ether oxygens (including phenoxy) is 1. The van der Waals surface area contributed by atoms with Crippen molar-refractivity contribution in [3.8, 4) is 11.4 Å². The minimum atomic E-state index is -0.0568. The summed E-state index contributed by atoms with van der Waals surface area (Å²) in [6.45, 7) is 6.26. The first-order valence-electron chi connectivity index (χ1n) is 11.3. The molecule has 0 aliphatic heterocycles. The fraction of sp³-hybridized carbons (Fsp3) is 0.185. The Morgan fingerprint density at radius 2 is 1.94 bits per heavy atom. The number of nitrogen functional groups attached to an aromatic ring is 1. The largest absolute Gasteiger partial charge is 0.486 e. The monoisotopic (exact) mass is 466 g/mol. The van der Waals surface area contributed by atoms with Crippen LogP contribution in [0.5, 0.6) is 5.75 Å². The predicted molar refractivity (Wildman–Crippen MR) is 136 cm³/mol. The number of pyridine rings is 3. The molecule has 0 atom stereocenters. The number of hydrogen-bond donors (Lipinski definition) is 1. The molecule has 5 rings (SSSR count). The fourth-order valence-electron chi connectivity index (χ4n) is 4.13. The Morgan fingerprint density at radius 1 is 1.09 bits per heavy atom. The van der Waals surface area contributed by atoms with Gasteiger partial charge < -0.3 is 15.0 Å². The highest BCUT2D eigenvalue weighted by molar-refractivity contribution is 5.91. The summed E-state index contributed by atoms with van der Waals surface area (Å²) in [5.41, 5.74) is 12.5. The molecule has 0 aliphatic carbocycles. The van der Waals surface area contributed by atoms with E-state index in [1.807, 2.05) is 61.3 Å². The summed E-state index contributed by atoms with van der Waals surface area (Å²) in [6.07, 6.45) is 7.21. The Labute approximate surface area is 202 Å². The van der Waals surface area contributed by atoms with Crippen LogP contribution in [0.15, 0.2) is 72.0 Å². The van der Waals surface area contributed by atoms with Crippen molar-refractivity contribution in [2.75, 3.05) is 5.73 Å². The molecule has 35 heavy (non-hydrogen) atoms. The molecule has 0 fully saturated rings. The van der Waals surface area contributed by atoms with Crippen molar-refractivity contribution >= 4 is 16.6 Å². The maximum atomic E-state index is 12.5. The number of benzene rings is 1. The van der Waals surface area contributed by atoms with Gasteiger partial charge in [0, 0.05) is 46.5 Å². The molecule has 0 bridgehead atoms. The van der Waals surface area contributed by atoms with Gasteiger partial charge in [0.2, 0.25) is 0 Å². The lowest BCUT2D eigenvalue weighted by Crippen LogP contribution is -2.23.